The number of rotatable bonds is 5. The first kappa shape index (κ1) is 12.6. The predicted octanol–water partition coefficient (Wildman–Crippen LogP) is 2.22. The van der Waals surface area contributed by atoms with Crippen molar-refractivity contribution < 1.29 is 4.79 Å². The third kappa shape index (κ3) is 3.60. The SMILES string of the molecule is Cn1cc(Br)cc1C(=O)NCCCN=[N+]=[N-]. The lowest BCUT2D eigenvalue weighted by Crippen LogP contribution is -2.26. The Hall–Kier alpha value is -1.46. The molecule has 1 amide bonds. The van der Waals surface area contributed by atoms with Gasteiger partial charge in [0.25, 0.3) is 5.91 Å². The van der Waals surface area contributed by atoms with Crippen LogP contribution in [0.25, 0.3) is 10.4 Å². The summed E-state index contributed by atoms with van der Waals surface area (Å²) in [5, 5.41) is 6.13. The maximum absolute atomic E-state index is 11.7. The molecule has 0 aromatic carbocycles. The van der Waals surface area contributed by atoms with Gasteiger partial charge in [0.15, 0.2) is 0 Å². The summed E-state index contributed by atoms with van der Waals surface area (Å²) in [6.07, 6.45) is 2.45. The van der Waals surface area contributed by atoms with E-state index in [1.54, 1.807) is 17.7 Å². The first-order valence-electron chi connectivity index (χ1n) is 4.76. The molecule has 0 saturated heterocycles. The molecule has 7 heteroatoms. The smallest absolute Gasteiger partial charge is 0.267 e. The summed E-state index contributed by atoms with van der Waals surface area (Å²) in [6, 6.07) is 1.75. The number of nitrogens with one attached hydrogen (secondary N) is 1. The molecule has 0 radical (unpaired) electrons. The van der Waals surface area contributed by atoms with Crippen LogP contribution in [-0.2, 0) is 7.05 Å². The van der Waals surface area contributed by atoms with E-state index in [-0.39, 0.29) is 5.91 Å². The van der Waals surface area contributed by atoms with Gasteiger partial charge in [-0.1, -0.05) is 5.11 Å². The molecule has 1 rings (SSSR count). The van der Waals surface area contributed by atoms with E-state index in [2.05, 4.69) is 31.3 Å². The van der Waals surface area contributed by atoms with Gasteiger partial charge in [-0.3, -0.25) is 4.79 Å². The molecule has 0 spiro atoms. The maximum Gasteiger partial charge on any atom is 0.267 e. The van der Waals surface area contributed by atoms with Gasteiger partial charge in [-0.25, -0.2) is 0 Å². The first-order valence-corrected chi connectivity index (χ1v) is 5.55. The number of nitrogens with zero attached hydrogens (tertiary/aromatic N) is 4. The number of azide groups is 1. The van der Waals surface area contributed by atoms with E-state index in [9.17, 15) is 4.79 Å². The number of amides is 1. The van der Waals surface area contributed by atoms with Gasteiger partial charge in [0, 0.05) is 35.7 Å². The van der Waals surface area contributed by atoms with Gasteiger partial charge in [-0.15, -0.1) is 0 Å². The second kappa shape index (κ2) is 6.19. The van der Waals surface area contributed by atoms with Crippen molar-refractivity contribution in [1.29, 1.82) is 0 Å². The topological polar surface area (TPSA) is 82.8 Å². The average Bonchev–Trinajstić information content (AvgIpc) is 2.57. The number of halogens is 1. The number of hydrogen-bond acceptors (Lipinski definition) is 2. The summed E-state index contributed by atoms with van der Waals surface area (Å²) in [4.78, 5) is 14.3. The fourth-order valence-electron chi connectivity index (χ4n) is 1.24. The zero-order chi connectivity index (χ0) is 12.0. The van der Waals surface area contributed by atoms with E-state index >= 15 is 0 Å². The van der Waals surface area contributed by atoms with E-state index in [1.807, 2.05) is 6.20 Å². The van der Waals surface area contributed by atoms with Gasteiger partial charge >= 0.3 is 0 Å². The largest absolute Gasteiger partial charge is 0.351 e. The van der Waals surface area contributed by atoms with Gasteiger partial charge in [0.1, 0.15) is 5.69 Å². The molecule has 0 aliphatic carbocycles. The molecule has 1 aromatic rings. The van der Waals surface area contributed by atoms with Gasteiger partial charge in [-0.2, -0.15) is 0 Å². The monoisotopic (exact) mass is 285 g/mol. The van der Waals surface area contributed by atoms with Crippen LogP contribution in [0, 0.1) is 0 Å². The van der Waals surface area contributed by atoms with Crippen molar-refractivity contribution in [3.05, 3.63) is 32.9 Å². The highest BCUT2D eigenvalue weighted by Gasteiger charge is 2.09. The van der Waals surface area contributed by atoms with E-state index in [0.717, 1.165) is 4.47 Å². The Morgan fingerprint density at radius 1 is 1.75 bits per heavy atom. The number of aromatic nitrogens is 1. The maximum atomic E-state index is 11.7. The first-order chi connectivity index (χ1) is 7.65. The third-order valence-corrected chi connectivity index (χ3v) is 2.42. The minimum absolute atomic E-state index is 0.130. The summed E-state index contributed by atoms with van der Waals surface area (Å²) < 4.78 is 2.61. The third-order valence-electron chi connectivity index (χ3n) is 1.99. The van der Waals surface area contributed by atoms with Crippen LogP contribution in [0.5, 0.6) is 0 Å². The molecule has 0 aliphatic rings. The minimum atomic E-state index is -0.130. The summed E-state index contributed by atoms with van der Waals surface area (Å²) in [6.45, 7) is 0.897. The zero-order valence-electron chi connectivity index (χ0n) is 8.85. The molecular formula is C9H12BrN5O. The van der Waals surface area contributed by atoms with Crippen LogP contribution in [-0.4, -0.2) is 23.6 Å². The van der Waals surface area contributed by atoms with Crippen LogP contribution >= 0.6 is 15.9 Å². The molecule has 0 unspecified atom stereocenters. The molecule has 1 heterocycles. The fourth-order valence-corrected chi connectivity index (χ4v) is 1.76. The molecule has 0 atom stereocenters. The van der Waals surface area contributed by atoms with Crippen molar-refractivity contribution in [2.75, 3.05) is 13.1 Å². The standard InChI is InChI=1S/C9H12BrN5O/c1-15-6-7(10)5-8(15)9(16)12-3-2-4-13-14-11/h5-6H,2-4H2,1H3,(H,12,16). The Morgan fingerprint density at radius 2 is 2.50 bits per heavy atom. The molecule has 6 nitrogen and oxygen atoms in total. The van der Waals surface area contributed by atoms with Crippen molar-refractivity contribution >= 4 is 21.8 Å². The van der Waals surface area contributed by atoms with Crippen LogP contribution in [0.15, 0.2) is 21.9 Å². The van der Waals surface area contributed by atoms with Crippen LogP contribution in [0.2, 0.25) is 0 Å². The Kier molecular flexibility index (Phi) is 4.88. The summed E-state index contributed by atoms with van der Waals surface area (Å²) in [5.74, 6) is -0.130. The van der Waals surface area contributed by atoms with Gasteiger partial charge in [-0.05, 0) is 33.9 Å². The predicted molar refractivity (Wildman–Crippen MR) is 64.1 cm³/mol. The highest BCUT2D eigenvalue weighted by molar-refractivity contribution is 9.10. The summed E-state index contributed by atoms with van der Waals surface area (Å²) in [7, 11) is 1.81. The number of hydrogen-bond donors (Lipinski definition) is 1. The molecule has 86 valence electrons. The fraction of sp³-hybridized carbons (Fsp3) is 0.444. The van der Waals surface area contributed by atoms with Crippen LogP contribution in [0.3, 0.4) is 0 Å². The number of carbonyl (C=O) groups excluding carboxylic acids is 1. The molecule has 0 fully saturated rings. The Labute approximate surface area is 101 Å². The van der Waals surface area contributed by atoms with Gasteiger partial charge in [0.05, 0.1) is 0 Å². The second-order valence-corrected chi connectivity index (χ2v) is 4.13. The lowest BCUT2D eigenvalue weighted by atomic mass is 10.3. The molecule has 1 N–H and O–H groups in total. The lowest BCUT2D eigenvalue weighted by molar-refractivity contribution is 0.0945. The molecule has 0 aliphatic heterocycles. The van der Waals surface area contributed by atoms with E-state index in [1.165, 1.54) is 0 Å². The van der Waals surface area contributed by atoms with Crippen molar-refractivity contribution in [2.45, 2.75) is 6.42 Å². The number of carbonyl (C=O) groups is 1. The molecule has 0 saturated carbocycles. The molecular weight excluding hydrogens is 274 g/mol. The Balaban J connectivity index is 2.41. The zero-order valence-corrected chi connectivity index (χ0v) is 10.4. The Bertz CT molecular complexity index is 422. The second-order valence-electron chi connectivity index (χ2n) is 3.22. The van der Waals surface area contributed by atoms with Crippen molar-refractivity contribution in [3.63, 3.8) is 0 Å². The van der Waals surface area contributed by atoms with Crippen molar-refractivity contribution in [1.82, 2.24) is 9.88 Å². The van der Waals surface area contributed by atoms with Crippen LogP contribution in [0.4, 0.5) is 0 Å². The minimum Gasteiger partial charge on any atom is -0.351 e. The molecule has 16 heavy (non-hydrogen) atoms. The molecule has 0 bridgehead atoms. The highest BCUT2D eigenvalue weighted by atomic mass is 79.9. The van der Waals surface area contributed by atoms with E-state index in [0.29, 0.717) is 25.2 Å². The van der Waals surface area contributed by atoms with Crippen LogP contribution in [0.1, 0.15) is 16.9 Å². The summed E-state index contributed by atoms with van der Waals surface area (Å²) in [5.41, 5.74) is 8.65. The number of aryl methyl sites for hydroxylation is 1. The normalized spacial score (nSPS) is 9.62. The van der Waals surface area contributed by atoms with Gasteiger partial charge < -0.3 is 9.88 Å². The van der Waals surface area contributed by atoms with E-state index < -0.39 is 0 Å². The van der Waals surface area contributed by atoms with Crippen molar-refractivity contribution in [2.24, 2.45) is 12.2 Å². The Morgan fingerprint density at radius 3 is 3.06 bits per heavy atom. The van der Waals surface area contributed by atoms with E-state index in [4.69, 9.17) is 5.53 Å². The average molecular weight is 286 g/mol. The summed E-state index contributed by atoms with van der Waals surface area (Å²) >= 11 is 3.30. The lowest BCUT2D eigenvalue weighted by Gasteiger charge is -2.04. The quantitative estimate of drug-likeness (QED) is 0.383. The van der Waals surface area contributed by atoms with Crippen molar-refractivity contribution in [3.8, 4) is 0 Å². The van der Waals surface area contributed by atoms with Crippen LogP contribution < -0.4 is 5.32 Å². The van der Waals surface area contributed by atoms with Gasteiger partial charge in [0.2, 0.25) is 0 Å². The molecule has 1 aromatic heterocycles. The highest BCUT2D eigenvalue weighted by Crippen LogP contribution is 2.13.